The van der Waals surface area contributed by atoms with Crippen molar-refractivity contribution < 1.29 is 28.7 Å². The Balaban J connectivity index is 1.54. The first-order valence-corrected chi connectivity index (χ1v) is 9.40. The van der Waals surface area contributed by atoms with Gasteiger partial charge in [0.2, 0.25) is 5.91 Å². The van der Waals surface area contributed by atoms with Gasteiger partial charge in [-0.1, -0.05) is 18.2 Å². The van der Waals surface area contributed by atoms with Crippen molar-refractivity contribution in [2.45, 2.75) is 13.3 Å². The number of methoxy groups -OCH3 is 1. The van der Waals surface area contributed by atoms with Crippen LogP contribution in [0.15, 0.2) is 48.5 Å². The summed E-state index contributed by atoms with van der Waals surface area (Å²) < 4.78 is 9.75. The fraction of sp³-hybridized carbons (Fsp3) is 0.273. The first-order valence-electron chi connectivity index (χ1n) is 9.40. The normalized spacial score (nSPS) is 15.6. The fourth-order valence-electron chi connectivity index (χ4n) is 3.16. The summed E-state index contributed by atoms with van der Waals surface area (Å²) in [6.07, 6.45) is -0.00298. The Labute approximate surface area is 173 Å². The van der Waals surface area contributed by atoms with E-state index in [9.17, 15) is 19.2 Å². The molecule has 2 aromatic carbocycles. The average molecular weight is 410 g/mol. The van der Waals surface area contributed by atoms with Crippen molar-refractivity contribution in [3.63, 3.8) is 0 Å². The maximum atomic E-state index is 12.3. The number of ether oxygens (including phenoxy) is 2. The molecule has 0 aromatic heterocycles. The number of amides is 2. The van der Waals surface area contributed by atoms with E-state index < -0.39 is 30.4 Å². The molecule has 1 heterocycles. The molecule has 0 bridgehead atoms. The lowest BCUT2D eigenvalue weighted by atomic mass is 10.1. The molecule has 1 N–H and O–H groups in total. The number of carbonyl (C=O) groups excluding carboxylic acids is 4. The summed E-state index contributed by atoms with van der Waals surface area (Å²) >= 11 is 0. The summed E-state index contributed by atoms with van der Waals surface area (Å²) in [5.41, 5.74) is 2.48. The van der Waals surface area contributed by atoms with Gasteiger partial charge < -0.3 is 19.7 Å². The number of nitrogens with zero attached hydrogens (tertiary/aromatic N) is 1. The highest BCUT2D eigenvalue weighted by Crippen LogP contribution is 2.26. The molecule has 2 amide bonds. The average Bonchev–Trinajstić information content (AvgIpc) is 3.15. The number of para-hydroxylation sites is 1. The zero-order chi connectivity index (χ0) is 21.7. The molecule has 1 saturated heterocycles. The monoisotopic (exact) mass is 410 g/mol. The minimum atomic E-state index is -0.663. The molecule has 0 spiro atoms. The van der Waals surface area contributed by atoms with Crippen LogP contribution in [-0.4, -0.2) is 44.0 Å². The number of hydrogen-bond donors (Lipinski definition) is 1. The van der Waals surface area contributed by atoms with Gasteiger partial charge in [-0.15, -0.1) is 0 Å². The minimum Gasteiger partial charge on any atom is -0.465 e. The highest BCUT2D eigenvalue weighted by molar-refractivity contribution is 6.00. The molecule has 0 saturated carbocycles. The van der Waals surface area contributed by atoms with E-state index in [-0.39, 0.29) is 18.9 Å². The minimum absolute atomic E-state index is 0.00298. The Morgan fingerprint density at radius 3 is 2.47 bits per heavy atom. The molecule has 156 valence electrons. The Hall–Kier alpha value is -3.68. The summed E-state index contributed by atoms with van der Waals surface area (Å²) in [6.45, 7) is 1.58. The quantitative estimate of drug-likeness (QED) is 0.734. The molecular formula is C22H22N2O6. The standard InChI is InChI=1S/C22H22N2O6/c1-14-5-3-4-6-18(14)23-19(25)13-30-22(28)16-11-20(26)24(12-16)17-9-7-15(8-10-17)21(27)29-2/h3-10,16H,11-13H2,1-2H3,(H,23,25). The summed E-state index contributed by atoms with van der Waals surface area (Å²) in [5.74, 6) is -2.41. The molecule has 1 aliphatic rings. The van der Waals surface area contributed by atoms with Gasteiger partial charge in [0.05, 0.1) is 18.6 Å². The van der Waals surface area contributed by atoms with Crippen LogP contribution in [0.4, 0.5) is 11.4 Å². The van der Waals surface area contributed by atoms with Gasteiger partial charge in [0.25, 0.3) is 5.91 Å². The number of hydrogen-bond acceptors (Lipinski definition) is 6. The topological polar surface area (TPSA) is 102 Å². The van der Waals surface area contributed by atoms with E-state index in [1.54, 1.807) is 36.4 Å². The van der Waals surface area contributed by atoms with Crippen molar-refractivity contribution in [2.24, 2.45) is 5.92 Å². The molecule has 1 fully saturated rings. The number of carbonyl (C=O) groups is 4. The molecule has 2 aromatic rings. The summed E-state index contributed by atoms with van der Waals surface area (Å²) in [4.78, 5) is 49.7. The van der Waals surface area contributed by atoms with Crippen LogP contribution in [0.2, 0.25) is 0 Å². The Morgan fingerprint density at radius 2 is 1.80 bits per heavy atom. The molecule has 8 heteroatoms. The van der Waals surface area contributed by atoms with Gasteiger partial charge in [-0.25, -0.2) is 4.79 Å². The summed E-state index contributed by atoms with van der Waals surface area (Å²) in [6, 6.07) is 13.6. The lowest BCUT2D eigenvalue weighted by Crippen LogP contribution is -2.28. The van der Waals surface area contributed by atoms with E-state index in [4.69, 9.17) is 4.74 Å². The van der Waals surface area contributed by atoms with Crippen LogP contribution in [0.25, 0.3) is 0 Å². The van der Waals surface area contributed by atoms with E-state index in [0.717, 1.165) is 5.56 Å². The SMILES string of the molecule is COC(=O)c1ccc(N2CC(C(=O)OCC(=O)Nc3ccccc3C)CC2=O)cc1. The third kappa shape index (κ3) is 4.83. The van der Waals surface area contributed by atoms with Crippen LogP contribution < -0.4 is 10.2 Å². The van der Waals surface area contributed by atoms with Crippen LogP contribution in [0.3, 0.4) is 0 Å². The van der Waals surface area contributed by atoms with Crippen molar-refractivity contribution in [2.75, 3.05) is 30.5 Å². The number of nitrogens with one attached hydrogen (secondary N) is 1. The molecule has 30 heavy (non-hydrogen) atoms. The molecule has 1 aliphatic heterocycles. The predicted octanol–water partition coefficient (Wildman–Crippen LogP) is 2.32. The summed E-state index contributed by atoms with van der Waals surface area (Å²) in [7, 11) is 1.29. The van der Waals surface area contributed by atoms with Crippen molar-refractivity contribution >= 4 is 35.1 Å². The molecule has 0 aliphatic carbocycles. The molecule has 8 nitrogen and oxygen atoms in total. The molecule has 0 radical (unpaired) electrons. The number of benzene rings is 2. The molecule has 1 unspecified atom stereocenters. The van der Waals surface area contributed by atoms with Gasteiger partial charge in [-0.05, 0) is 42.8 Å². The van der Waals surface area contributed by atoms with Gasteiger partial charge in [-0.3, -0.25) is 14.4 Å². The summed E-state index contributed by atoms with van der Waals surface area (Å²) in [5, 5.41) is 2.69. The second-order valence-corrected chi connectivity index (χ2v) is 6.91. The van der Waals surface area contributed by atoms with Crippen molar-refractivity contribution in [1.29, 1.82) is 0 Å². The second kappa shape index (κ2) is 9.21. The van der Waals surface area contributed by atoms with Gasteiger partial charge in [-0.2, -0.15) is 0 Å². The van der Waals surface area contributed by atoms with Gasteiger partial charge in [0.1, 0.15) is 0 Å². The Kier molecular flexibility index (Phi) is 6.46. The largest absolute Gasteiger partial charge is 0.465 e. The zero-order valence-corrected chi connectivity index (χ0v) is 16.7. The zero-order valence-electron chi connectivity index (χ0n) is 16.7. The predicted molar refractivity (Wildman–Crippen MR) is 109 cm³/mol. The third-order valence-corrected chi connectivity index (χ3v) is 4.82. The third-order valence-electron chi connectivity index (χ3n) is 4.82. The van der Waals surface area contributed by atoms with Crippen LogP contribution in [-0.2, 0) is 23.9 Å². The highest BCUT2D eigenvalue weighted by atomic mass is 16.5. The number of anilines is 2. The maximum Gasteiger partial charge on any atom is 0.337 e. The van der Waals surface area contributed by atoms with E-state index in [0.29, 0.717) is 16.9 Å². The van der Waals surface area contributed by atoms with Crippen LogP contribution in [0, 0.1) is 12.8 Å². The van der Waals surface area contributed by atoms with Crippen molar-refractivity contribution in [1.82, 2.24) is 0 Å². The van der Waals surface area contributed by atoms with E-state index in [2.05, 4.69) is 10.1 Å². The number of esters is 2. The second-order valence-electron chi connectivity index (χ2n) is 6.91. The lowest BCUT2D eigenvalue weighted by molar-refractivity contribution is -0.151. The van der Waals surface area contributed by atoms with Crippen molar-refractivity contribution in [3.05, 3.63) is 59.7 Å². The first kappa shape index (κ1) is 21.0. The van der Waals surface area contributed by atoms with E-state index >= 15 is 0 Å². The van der Waals surface area contributed by atoms with Crippen molar-refractivity contribution in [3.8, 4) is 0 Å². The maximum absolute atomic E-state index is 12.3. The molecule has 3 rings (SSSR count). The molecular weight excluding hydrogens is 388 g/mol. The fourth-order valence-corrected chi connectivity index (χ4v) is 3.16. The van der Waals surface area contributed by atoms with Gasteiger partial charge in [0.15, 0.2) is 6.61 Å². The molecule has 1 atom stereocenters. The number of rotatable bonds is 6. The van der Waals surface area contributed by atoms with Crippen LogP contribution in [0.5, 0.6) is 0 Å². The van der Waals surface area contributed by atoms with Gasteiger partial charge in [0, 0.05) is 24.3 Å². The Bertz CT molecular complexity index is 970. The lowest BCUT2D eigenvalue weighted by Gasteiger charge is -2.17. The van der Waals surface area contributed by atoms with E-state index in [1.807, 2.05) is 19.1 Å². The number of aryl methyl sites for hydroxylation is 1. The van der Waals surface area contributed by atoms with Gasteiger partial charge >= 0.3 is 11.9 Å². The first-order chi connectivity index (χ1) is 14.4. The highest BCUT2D eigenvalue weighted by Gasteiger charge is 2.36. The van der Waals surface area contributed by atoms with Crippen LogP contribution >= 0.6 is 0 Å². The van der Waals surface area contributed by atoms with Crippen LogP contribution in [0.1, 0.15) is 22.3 Å². The van der Waals surface area contributed by atoms with E-state index in [1.165, 1.54) is 12.0 Å². The Morgan fingerprint density at radius 1 is 1.10 bits per heavy atom. The smallest absolute Gasteiger partial charge is 0.337 e.